The van der Waals surface area contributed by atoms with Crippen molar-refractivity contribution in [2.24, 2.45) is 0 Å². The van der Waals surface area contributed by atoms with Crippen LogP contribution in [0.4, 0.5) is 21.5 Å². The van der Waals surface area contributed by atoms with Gasteiger partial charge in [0.15, 0.2) is 0 Å². The number of carbonyl (C=O) groups excluding carboxylic acids is 1. The van der Waals surface area contributed by atoms with Gasteiger partial charge in [-0.15, -0.1) is 0 Å². The van der Waals surface area contributed by atoms with Gasteiger partial charge in [-0.05, 0) is 36.4 Å². The van der Waals surface area contributed by atoms with E-state index in [0.717, 1.165) is 30.9 Å². The fourth-order valence-electron chi connectivity index (χ4n) is 2.98. The summed E-state index contributed by atoms with van der Waals surface area (Å²) in [6.07, 6.45) is 0. The van der Waals surface area contributed by atoms with Gasteiger partial charge in [-0.2, -0.15) is 0 Å². The summed E-state index contributed by atoms with van der Waals surface area (Å²) in [7, 11) is 0. The van der Waals surface area contributed by atoms with E-state index in [1.165, 1.54) is 6.07 Å². The lowest BCUT2D eigenvalue weighted by Gasteiger charge is -2.35. The lowest BCUT2D eigenvalue weighted by molar-refractivity contribution is -0.384. The smallest absolute Gasteiger partial charge is 0.295 e. The Bertz CT molecular complexity index is 836. The number of benzene rings is 2. The first-order valence-corrected chi connectivity index (χ1v) is 8.42. The monoisotopic (exact) mass is 374 g/mol. The number of nitro groups is 1. The van der Waals surface area contributed by atoms with Crippen molar-refractivity contribution in [2.75, 3.05) is 42.9 Å². The Hall–Kier alpha value is -3.20. The number of hydrogen-bond acceptors (Lipinski definition) is 6. The van der Waals surface area contributed by atoms with E-state index in [2.05, 4.69) is 10.2 Å². The van der Waals surface area contributed by atoms with E-state index in [-0.39, 0.29) is 23.9 Å². The summed E-state index contributed by atoms with van der Waals surface area (Å²) in [5.74, 6) is -0.906. The SMILES string of the molecule is O=C(CN1CCN(c2ccc(O)cc2)CC1)Nc1ccc(F)cc1[N+](=O)[O-]. The van der Waals surface area contributed by atoms with Crippen molar-refractivity contribution in [1.82, 2.24) is 4.90 Å². The first kappa shape index (κ1) is 18.6. The van der Waals surface area contributed by atoms with E-state index in [0.29, 0.717) is 13.1 Å². The highest BCUT2D eigenvalue weighted by molar-refractivity contribution is 5.94. The number of nitrogens with one attached hydrogen (secondary N) is 1. The number of amides is 1. The summed E-state index contributed by atoms with van der Waals surface area (Å²) < 4.78 is 13.2. The summed E-state index contributed by atoms with van der Waals surface area (Å²) in [6, 6.07) is 9.98. The summed E-state index contributed by atoms with van der Waals surface area (Å²) in [4.78, 5) is 26.6. The molecular weight excluding hydrogens is 355 g/mol. The molecule has 27 heavy (non-hydrogen) atoms. The van der Waals surface area contributed by atoms with Crippen LogP contribution in [0.1, 0.15) is 0 Å². The number of rotatable bonds is 5. The van der Waals surface area contributed by atoms with Gasteiger partial charge in [0.25, 0.3) is 5.69 Å². The van der Waals surface area contributed by atoms with Crippen LogP contribution in [0.15, 0.2) is 42.5 Å². The van der Waals surface area contributed by atoms with E-state index in [1.807, 2.05) is 17.0 Å². The summed E-state index contributed by atoms with van der Waals surface area (Å²) in [5.41, 5.74) is 0.508. The Kier molecular flexibility index (Phi) is 5.51. The molecule has 1 aliphatic heterocycles. The van der Waals surface area contributed by atoms with E-state index in [1.54, 1.807) is 12.1 Å². The molecule has 1 fully saturated rings. The van der Waals surface area contributed by atoms with Crippen molar-refractivity contribution in [3.63, 3.8) is 0 Å². The number of halogens is 1. The van der Waals surface area contributed by atoms with Crippen LogP contribution in [0.25, 0.3) is 0 Å². The molecule has 9 heteroatoms. The summed E-state index contributed by atoms with van der Waals surface area (Å²) in [5, 5.41) is 22.8. The second-order valence-corrected chi connectivity index (χ2v) is 6.25. The molecular formula is C18H19FN4O4. The van der Waals surface area contributed by atoms with Gasteiger partial charge in [0.1, 0.15) is 17.3 Å². The average molecular weight is 374 g/mol. The first-order valence-electron chi connectivity index (χ1n) is 8.42. The van der Waals surface area contributed by atoms with Crippen LogP contribution in [0, 0.1) is 15.9 Å². The Morgan fingerprint density at radius 3 is 2.44 bits per heavy atom. The lowest BCUT2D eigenvalue weighted by atomic mass is 10.2. The summed E-state index contributed by atoms with van der Waals surface area (Å²) >= 11 is 0. The molecule has 8 nitrogen and oxygen atoms in total. The van der Waals surface area contributed by atoms with Gasteiger partial charge >= 0.3 is 0 Å². The van der Waals surface area contributed by atoms with Gasteiger partial charge in [0, 0.05) is 31.9 Å². The number of nitro benzene ring substituents is 1. The second-order valence-electron chi connectivity index (χ2n) is 6.25. The number of carbonyl (C=O) groups is 1. The Labute approximate surface area is 155 Å². The van der Waals surface area contributed by atoms with Crippen molar-refractivity contribution in [3.8, 4) is 5.75 Å². The predicted octanol–water partition coefficient (Wildman–Crippen LogP) is 2.20. The molecule has 3 rings (SSSR count). The van der Waals surface area contributed by atoms with E-state index >= 15 is 0 Å². The molecule has 0 atom stereocenters. The van der Waals surface area contributed by atoms with Gasteiger partial charge in [-0.3, -0.25) is 19.8 Å². The van der Waals surface area contributed by atoms with Gasteiger partial charge in [-0.1, -0.05) is 0 Å². The molecule has 1 saturated heterocycles. The maximum absolute atomic E-state index is 13.2. The highest BCUT2D eigenvalue weighted by atomic mass is 19.1. The number of piperazine rings is 1. The number of phenolic OH excluding ortho intramolecular Hbond substituents is 1. The molecule has 0 spiro atoms. The summed E-state index contributed by atoms with van der Waals surface area (Å²) in [6.45, 7) is 2.83. The lowest BCUT2D eigenvalue weighted by Crippen LogP contribution is -2.48. The van der Waals surface area contributed by atoms with Crippen molar-refractivity contribution in [3.05, 3.63) is 58.4 Å². The van der Waals surface area contributed by atoms with Gasteiger partial charge in [0.05, 0.1) is 17.5 Å². The van der Waals surface area contributed by atoms with E-state index in [4.69, 9.17) is 0 Å². The molecule has 0 bridgehead atoms. The van der Waals surface area contributed by atoms with Crippen molar-refractivity contribution in [2.45, 2.75) is 0 Å². The Morgan fingerprint density at radius 2 is 1.81 bits per heavy atom. The molecule has 0 saturated carbocycles. The number of phenols is 1. The van der Waals surface area contributed by atoms with E-state index in [9.17, 15) is 24.4 Å². The third-order valence-electron chi connectivity index (χ3n) is 4.38. The van der Waals surface area contributed by atoms with Crippen LogP contribution in [0.5, 0.6) is 5.75 Å². The molecule has 1 heterocycles. The minimum atomic E-state index is -0.731. The van der Waals surface area contributed by atoms with Crippen LogP contribution in [-0.2, 0) is 4.79 Å². The molecule has 142 valence electrons. The first-order chi connectivity index (χ1) is 12.9. The normalized spacial score (nSPS) is 14.8. The van der Waals surface area contributed by atoms with Crippen LogP contribution in [-0.4, -0.2) is 53.6 Å². The van der Waals surface area contributed by atoms with Crippen molar-refractivity contribution in [1.29, 1.82) is 0 Å². The number of hydrogen-bond donors (Lipinski definition) is 2. The molecule has 0 aromatic heterocycles. The predicted molar refractivity (Wildman–Crippen MR) is 98.4 cm³/mol. The molecule has 2 aromatic carbocycles. The topological polar surface area (TPSA) is 99.0 Å². The molecule has 2 aromatic rings. The van der Waals surface area contributed by atoms with Crippen molar-refractivity contribution >= 4 is 23.0 Å². The van der Waals surface area contributed by atoms with Crippen LogP contribution in [0.2, 0.25) is 0 Å². The fourth-order valence-corrected chi connectivity index (χ4v) is 2.98. The molecule has 0 aliphatic carbocycles. The second kappa shape index (κ2) is 8.00. The highest BCUT2D eigenvalue weighted by Gasteiger charge is 2.21. The van der Waals surface area contributed by atoms with Gasteiger partial charge < -0.3 is 15.3 Å². The third kappa shape index (κ3) is 4.70. The van der Waals surface area contributed by atoms with E-state index < -0.39 is 16.4 Å². The van der Waals surface area contributed by atoms with Crippen molar-refractivity contribution < 1.29 is 19.2 Å². The third-order valence-corrected chi connectivity index (χ3v) is 4.38. The Morgan fingerprint density at radius 1 is 1.15 bits per heavy atom. The molecule has 1 amide bonds. The zero-order valence-corrected chi connectivity index (χ0v) is 14.5. The highest BCUT2D eigenvalue weighted by Crippen LogP contribution is 2.25. The molecule has 1 aliphatic rings. The molecule has 2 N–H and O–H groups in total. The largest absolute Gasteiger partial charge is 0.508 e. The van der Waals surface area contributed by atoms with Gasteiger partial charge in [0.2, 0.25) is 5.91 Å². The van der Waals surface area contributed by atoms with Gasteiger partial charge in [-0.25, -0.2) is 4.39 Å². The standard InChI is InChI=1S/C18H19FN4O4/c19-13-1-6-16(17(11-13)23(26)27)20-18(25)12-21-7-9-22(10-8-21)14-2-4-15(24)5-3-14/h1-6,11,24H,7-10,12H2,(H,20,25). The molecule has 0 unspecified atom stereocenters. The van der Waals surface area contributed by atoms with Crippen LogP contribution >= 0.6 is 0 Å². The number of anilines is 2. The van der Waals surface area contributed by atoms with Crippen LogP contribution in [0.3, 0.4) is 0 Å². The number of aromatic hydroxyl groups is 1. The maximum atomic E-state index is 13.2. The fraction of sp³-hybridized carbons (Fsp3) is 0.278. The minimum Gasteiger partial charge on any atom is -0.508 e. The average Bonchev–Trinajstić information content (AvgIpc) is 2.64. The minimum absolute atomic E-state index is 0.0193. The van der Waals surface area contributed by atoms with Crippen LogP contribution < -0.4 is 10.2 Å². The quantitative estimate of drug-likeness (QED) is 0.615. The Balaban J connectivity index is 1.54. The number of nitrogens with zero attached hydrogens (tertiary/aromatic N) is 3. The zero-order valence-electron chi connectivity index (χ0n) is 14.5. The maximum Gasteiger partial charge on any atom is 0.295 e. The zero-order chi connectivity index (χ0) is 19.4. The molecule has 0 radical (unpaired) electrons.